The van der Waals surface area contributed by atoms with Crippen LogP contribution in [-0.2, 0) is 16.1 Å². The quantitative estimate of drug-likeness (QED) is 0.921. The van der Waals surface area contributed by atoms with Gasteiger partial charge in [0.25, 0.3) is 0 Å². The van der Waals surface area contributed by atoms with E-state index >= 15 is 0 Å². The molecule has 21 heavy (non-hydrogen) atoms. The monoisotopic (exact) mass is 329 g/mol. The van der Waals surface area contributed by atoms with Gasteiger partial charge >= 0.3 is 5.97 Å². The molecule has 0 heterocycles. The maximum absolute atomic E-state index is 12.4. The Balaban J connectivity index is 2.11. The van der Waals surface area contributed by atoms with Crippen LogP contribution in [-0.4, -0.2) is 28.9 Å². The SMILES string of the molecule is CN(Cc1cccc(Cl)c1Cl)C(=O)C1C(C(=O)O)C1(C)C. The zero-order valence-electron chi connectivity index (χ0n) is 12.1. The van der Waals surface area contributed by atoms with Gasteiger partial charge in [-0.05, 0) is 17.0 Å². The fourth-order valence-electron chi connectivity index (χ4n) is 2.80. The van der Waals surface area contributed by atoms with E-state index in [0.717, 1.165) is 5.56 Å². The molecule has 2 unspecified atom stereocenters. The van der Waals surface area contributed by atoms with Crippen molar-refractivity contribution in [2.75, 3.05) is 7.05 Å². The van der Waals surface area contributed by atoms with Crippen molar-refractivity contribution < 1.29 is 14.7 Å². The summed E-state index contributed by atoms with van der Waals surface area (Å²) in [4.78, 5) is 25.1. The largest absolute Gasteiger partial charge is 0.481 e. The molecular formula is C15H17Cl2NO3. The molecule has 1 N–H and O–H groups in total. The Morgan fingerprint density at radius 1 is 1.29 bits per heavy atom. The van der Waals surface area contributed by atoms with Gasteiger partial charge < -0.3 is 10.0 Å². The van der Waals surface area contributed by atoms with E-state index in [9.17, 15) is 9.59 Å². The molecule has 0 aliphatic heterocycles. The molecule has 2 rings (SSSR count). The highest BCUT2D eigenvalue weighted by Crippen LogP contribution is 2.59. The Hall–Kier alpha value is -1.26. The van der Waals surface area contributed by atoms with Gasteiger partial charge in [0.2, 0.25) is 5.91 Å². The number of hydrogen-bond donors (Lipinski definition) is 1. The Bertz CT molecular complexity index is 601. The fraction of sp³-hybridized carbons (Fsp3) is 0.467. The normalized spacial score (nSPS) is 22.7. The van der Waals surface area contributed by atoms with E-state index in [1.54, 1.807) is 39.1 Å². The number of carboxylic acid groups (broad SMARTS) is 1. The van der Waals surface area contributed by atoms with Crippen LogP contribution < -0.4 is 0 Å². The van der Waals surface area contributed by atoms with Crippen molar-refractivity contribution in [2.45, 2.75) is 20.4 Å². The van der Waals surface area contributed by atoms with Crippen molar-refractivity contribution in [1.29, 1.82) is 0 Å². The number of benzene rings is 1. The van der Waals surface area contributed by atoms with Crippen LogP contribution in [0.5, 0.6) is 0 Å². The summed E-state index contributed by atoms with van der Waals surface area (Å²) in [5.74, 6) is -2.21. The standard InChI is InChI=1S/C15H17Cl2NO3/c1-15(2)10(11(15)14(20)21)13(19)18(3)7-8-5-4-6-9(16)12(8)17/h4-6,10-11H,7H2,1-3H3,(H,20,21). The summed E-state index contributed by atoms with van der Waals surface area (Å²) in [6.45, 7) is 3.90. The average Bonchev–Trinajstić information content (AvgIpc) is 2.97. The first-order chi connectivity index (χ1) is 9.67. The smallest absolute Gasteiger partial charge is 0.307 e. The first-order valence-electron chi connectivity index (χ1n) is 6.58. The van der Waals surface area contributed by atoms with Crippen LogP contribution in [0.25, 0.3) is 0 Å². The lowest BCUT2D eigenvalue weighted by atomic mass is 10.1. The second-order valence-electron chi connectivity index (χ2n) is 6.02. The predicted molar refractivity (Wildman–Crippen MR) is 81.3 cm³/mol. The molecule has 1 aromatic rings. The molecule has 0 aromatic heterocycles. The van der Waals surface area contributed by atoms with Crippen molar-refractivity contribution in [1.82, 2.24) is 4.90 Å². The zero-order chi connectivity index (χ0) is 15.9. The fourth-order valence-corrected chi connectivity index (χ4v) is 3.18. The van der Waals surface area contributed by atoms with Crippen molar-refractivity contribution in [3.05, 3.63) is 33.8 Å². The van der Waals surface area contributed by atoms with Gasteiger partial charge in [-0.1, -0.05) is 49.2 Å². The first-order valence-corrected chi connectivity index (χ1v) is 7.34. The van der Waals surface area contributed by atoms with E-state index in [4.69, 9.17) is 28.3 Å². The van der Waals surface area contributed by atoms with Crippen molar-refractivity contribution in [2.24, 2.45) is 17.3 Å². The van der Waals surface area contributed by atoms with E-state index in [-0.39, 0.29) is 5.91 Å². The average molecular weight is 330 g/mol. The molecule has 0 saturated heterocycles. The lowest BCUT2D eigenvalue weighted by Crippen LogP contribution is -2.29. The lowest BCUT2D eigenvalue weighted by Gasteiger charge is -2.19. The molecule has 1 aromatic carbocycles. The molecule has 4 nitrogen and oxygen atoms in total. The molecule has 114 valence electrons. The van der Waals surface area contributed by atoms with Crippen molar-refractivity contribution in [3.8, 4) is 0 Å². The minimum Gasteiger partial charge on any atom is -0.481 e. The van der Waals surface area contributed by atoms with Gasteiger partial charge in [0.05, 0.1) is 21.9 Å². The van der Waals surface area contributed by atoms with Gasteiger partial charge in [-0.15, -0.1) is 0 Å². The maximum Gasteiger partial charge on any atom is 0.307 e. The third-order valence-electron chi connectivity index (χ3n) is 4.17. The highest BCUT2D eigenvalue weighted by molar-refractivity contribution is 6.42. The zero-order valence-corrected chi connectivity index (χ0v) is 13.6. The summed E-state index contributed by atoms with van der Waals surface area (Å²) in [6.07, 6.45) is 0. The number of carboxylic acids is 1. The molecule has 1 aliphatic carbocycles. The molecule has 0 bridgehead atoms. The van der Waals surface area contributed by atoms with Crippen molar-refractivity contribution in [3.63, 3.8) is 0 Å². The Labute approximate surface area is 133 Å². The Kier molecular flexibility index (Phi) is 4.22. The summed E-state index contributed by atoms with van der Waals surface area (Å²) in [7, 11) is 1.65. The molecule has 1 fully saturated rings. The minimum absolute atomic E-state index is 0.177. The van der Waals surface area contributed by atoms with Gasteiger partial charge in [-0.25, -0.2) is 0 Å². The van der Waals surface area contributed by atoms with Crippen LogP contribution >= 0.6 is 23.2 Å². The summed E-state index contributed by atoms with van der Waals surface area (Å²) >= 11 is 12.1. The van der Waals surface area contributed by atoms with E-state index in [1.807, 2.05) is 0 Å². The van der Waals surface area contributed by atoms with E-state index in [2.05, 4.69) is 0 Å². The highest BCUT2D eigenvalue weighted by Gasteiger charge is 2.66. The summed E-state index contributed by atoms with van der Waals surface area (Å²) in [6, 6.07) is 5.24. The highest BCUT2D eigenvalue weighted by atomic mass is 35.5. The second-order valence-corrected chi connectivity index (χ2v) is 6.81. The van der Waals surface area contributed by atoms with Gasteiger partial charge in [-0.3, -0.25) is 9.59 Å². The summed E-state index contributed by atoms with van der Waals surface area (Å²) < 4.78 is 0. The van der Waals surface area contributed by atoms with Gasteiger partial charge in [0.15, 0.2) is 0 Å². The minimum atomic E-state index is -0.924. The maximum atomic E-state index is 12.4. The number of rotatable bonds is 4. The van der Waals surface area contributed by atoms with Crippen LogP contribution in [0.2, 0.25) is 10.0 Å². The van der Waals surface area contributed by atoms with E-state index < -0.39 is 23.2 Å². The topological polar surface area (TPSA) is 57.6 Å². The summed E-state index contributed by atoms with van der Waals surface area (Å²) in [5.41, 5.74) is 0.236. The summed E-state index contributed by atoms with van der Waals surface area (Å²) in [5, 5.41) is 10.0. The molecule has 1 amide bonds. The number of hydrogen-bond acceptors (Lipinski definition) is 2. The number of nitrogens with zero attached hydrogens (tertiary/aromatic N) is 1. The van der Waals surface area contributed by atoms with Crippen LogP contribution in [0.4, 0.5) is 0 Å². The number of aliphatic carboxylic acids is 1. The Morgan fingerprint density at radius 3 is 2.43 bits per heavy atom. The Morgan fingerprint density at radius 2 is 1.90 bits per heavy atom. The number of carbonyl (C=O) groups excluding carboxylic acids is 1. The van der Waals surface area contributed by atoms with Crippen LogP contribution in [0.3, 0.4) is 0 Å². The molecule has 1 aliphatic rings. The molecular weight excluding hydrogens is 313 g/mol. The number of halogens is 2. The van der Waals surface area contributed by atoms with Gasteiger partial charge in [0, 0.05) is 13.6 Å². The van der Waals surface area contributed by atoms with Crippen LogP contribution in [0.15, 0.2) is 18.2 Å². The lowest BCUT2D eigenvalue weighted by molar-refractivity contribution is -0.141. The number of amides is 1. The van der Waals surface area contributed by atoms with Crippen LogP contribution in [0, 0.1) is 17.3 Å². The molecule has 2 atom stereocenters. The van der Waals surface area contributed by atoms with E-state index in [1.165, 1.54) is 4.90 Å². The third kappa shape index (κ3) is 2.87. The van der Waals surface area contributed by atoms with E-state index in [0.29, 0.717) is 16.6 Å². The molecule has 0 radical (unpaired) electrons. The second kappa shape index (κ2) is 5.50. The molecule has 0 spiro atoms. The van der Waals surface area contributed by atoms with Gasteiger partial charge in [0.1, 0.15) is 0 Å². The molecule has 1 saturated carbocycles. The molecule has 6 heteroatoms. The third-order valence-corrected chi connectivity index (χ3v) is 5.03. The first kappa shape index (κ1) is 16.1. The van der Waals surface area contributed by atoms with Crippen LogP contribution in [0.1, 0.15) is 19.4 Å². The van der Waals surface area contributed by atoms with Crippen molar-refractivity contribution >= 4 is 35.1 Å². The van der Waals surface area contributed by atoms with Gasteiger partial charge in [-0.2, -0.15) is 0 Å². The number of carbonyl (C=O) groups is 2. The predicted octanol–water partition coefficient (Wildman–Crippen LogP) is 3.31.